The minimum atomic E-state index is -4.18. The molecule has 0 aromatic heterocycles. The van der Waals surface area contributed by atoms with Crippen LogP contribution in [0.5, 0.6) is 0 Å². The van der Waals surface area contributed by atoms with E-state index in [0.29, 0.717) is 18.2 Å². The van der Waals surface area contributed by atoms with Gasteiger partial charge in [-0.3, -0.25) is 0 Å². The molecule has 0 amide bonds. The van der Waals surface area contributed by atoms with E-state index in [9.17, 15) is 30.0 Å². The molecule has 0 atom stereocenters. The van der Waals surface area contributed by atoms with Gasteiger partial charge >= 0.3 is 0 Å². The lowest BCUT2D eigenvalue weighted by atomic mass is 10.3. The Balaban J connectivity index is 1.78. The molecule has 6 nitrogen and oxygen atoms in total. The topological polar surface area (TPSA) is 74.8 Å². The van der Waals surface area contributed by atoms with E-state index in [-0.39, 0.29) is 31.1 Å². The second-order valence-corrected chi connectivity index (χ2v) is 9.75. The Morgan fingerprint density at radius 3 is 1.56 bits per heavy atom. The number of piperazine rings is 1. The molecule has 0 bridgehead atoms. The van der Waals surface area contributed by atoms with Gasteiger partial charge in [0.15, 0.2) is 0 Å². The molecule has 0 aliphatic carbocycles. The summed E-state index contributed by atoms with van der Waals surface area (Å²) in [6.45, 7) is -0.740. The van der Waals surface area contributed by atoms with Crippen LogP contribution in [0.4, 0.5) is 13.2 Å². The Morgan fingerprint density at radius 2 is 1.07 bits per heavy atom. The van der Waals surface area contributed by atoms with Gasteiger partial charge in [-0.2, -0.15) is 8.61 Å². The van der Waals surface area contributed by atoms with Crippen molar-refractivity contribution in [3.63, 3.8) is 0 Å². The first-order valence-electron chi connectivity index (χ1n) is 7.83. The van der Waals surface area contributed by atoms with Crippen molar-refractivity contribution in [1.82, 2.24) is 8.61 Å². The lowest BCUT2D eigenvalue weighted by Crippen LogP contribution is -2.50. The first-order valence-corrected chi connectivity index (χ1v) is 10.7. The SMILES string of the molecule is O=S(=O)(c1cccc(F)c1)N1CCN(S(=O)(=O)c2cc(F)cc(F)c2)CC1. The number of nitrogens with zero attached hydrogens (tertiary/aromatic N) is 2. The lowest BCUT2D eigenvalue weighted by molar-refractivity contribution is 0.272. The first-order chi connectivity index (χ1) is 12.6. The fourth-order valence-electron chi connectivity index (χ4n) is 2.75. The molecule has 0 radical (unpaired) electrons. The first kappa shape index (κ1) is 19.8. The zero-order valence-electron chi connectivity index (χ0n) is 13.8. The zero-order valence-corrected chi connectivity index (χ0v) is 15.5. The molecular formula is C16H15F3N2O4S2. The number of hydrogen-bond donors (Lipinski definition) is 0. The van der Waals surface area contributed by atoms with Crippen molar-refractivity contribution in [1.29, 1.82) is 0 Å². The van der Waals surface area contributed by atoms with Crippen molar-refractivity contribution in [3.8, 4) is 0 Å². The molecule has 1 fully saturated rings. The molecule has 0 saturated carbocycles. The highest BCUT2D eigenvalue weighted by molar-refractivity contribution is 7.89. The highest BCUT2D eigenvalue weighted by atomic mass is 32.2. The van der Waals surface area contributed by atoms with E-state index in [4.69, 9.17) is 0 Å². The van der Waals surface area contributed by atoms with Gasteiger partial charge in [0.05, 0.1) is 9.79 Å². The standard InChI is InChI=1S/C16H15F3N2O4S2/c17-12-2-1-3-15(9-12)26(22,23)20-4-6-21(7-5-20)27(24,25)16-10-13(18)8-14(19)11-16/h1-3,8-11H,4-7H2. The van der Waals surface area contributed by atoms with E-state index >= 15 is 0 Å². The molecule has 0 unspecified atom stereocenters. The fraction of sp³-hybridized carbons (Fsp3) is 0.250. The zero-order chi connectivity index (χ0) is 19.8. The van der Waals surface area contributed by atoms with Crippen molar-refractivity contribution >= 4 is 20.0 Å². The number of rotatable bonds is 4. The molecule has 1 aliphatic rings. The van der Waals surface area contributed by atoms with Crippen molar-refractivity contribution in [2.75, 3.05) is 26.2 Å². The van der Waals surface area contributed by atoms with E-state index in [2.05, 4.69) is 0 Å². The number of sulfonamides is 2. The molecule has 1 heterocycles. The predicted molar refractivity (Wildman–Crippen MR) is 90.3 cm³/mol. The quantitative estimate of drug-likeness (QED) is 0.756. The number of hydrogen-bond acceptors (Lipinski definition) is 4. The van der Waals surface area contributed by atoms with Crippen LogP contribution in [0, 0.1) is 17.5 Å². The van der Waals surface area contributed by atoms with Crippen LogP contribution in [0.3, 0.4) is 0 Å². The van der Waals surface area contributed by atoms with Gasteiger partial charge in [-0.15, -0.1) is 0 Å². The molecule has 3 rings (SSSR count). The molecule has 0 N–H and O–H groups in total. The molecule has 1 aliphatic heterocycles. The average molecular weight is 420 g/mol. The van der Waals surface area contributed by atoms with Gasteiger partial charge in [-0.1, -0.05) is 6.07 Å². The number of halogens is 3. The molecule has 146 valence electrons. The molecule has 1 saturated heterocycles. The third kappa shape index (κ3) is 4.00. The second kappa shape index (κ2) is 7.23. The van der Waals surface area contributed by atoms with E-state index < -0.39 is 42.4 Å². The normalized spacial score (nSPS) is 17.1. The van der Waals surface area contributed by atoms with Gasteiger partial charge in [0.25, 0.3) is 0 Å². The van der Waals surface area contributed by atoms with Crippen LogP contribution >= 0.6 is 0 Å². The molecule has 2 aromatic carbocycles. The van der Waals surface area contributed by atoms with E-state index in [1.165, 1.54) is 12.1 Å². The summed E-state index contributed by atoms with van der Waals surface area (Å²) in [5.41, 5.74) is 0. The summed E-state index contributed by atoms with van der Waals surface area (Å²) < 4.78 is 92.1. The second-order valence-electron chi connectivity index (χ2n) is 5.87. The van der Waals surface area contributed by atoms with Gasteiger partial charge in [0.2, 0.25) is 20.0 Å². The summed E-state index contributed by atoms with van der Waals surface area (Å²) >= 11 is 0. The van der Waals surface area contributed by atoms with Gasteiger partial charge in [-0.05, 0) is 30.3 Å². The van der Waals surface area contributed by atoms with Crippen molar-refractivity contribution in [2.24, 2.45) is 0 Å². The maximum absolute atomic E-state index is 13.3. The summed E-state index contributed by atoms with van der Waals surface area (Å²) in [5, 5.41) is 0. The highest BCUT2D eigenvalue weighted by Crippen LogP contribution is 2.23. The lowest BCUT2D eigenvalue weighted by Gasteiger charge is -2.33. The van der Waals surface area contributed by atoms with Crippen LogP contribution in [0.1, 0.15) is 0 Å². The largest absolute Gasteiger partial charge is 0.243 e. The molecule has 27 heavy (non-hydrogen) atoms. The molecular weight excluding hydrogens is 405 g/mol. The summed E-state index contributed by atoms with van der Waals surface area (Å²) in [5.74, 6) is -2.76. The summed E-state index contributed by atoms with van der Waals surface area (Å²) in [6, 6.07) is 6.47. The predicted octanol–water partition coefficient (Wildman–Crippen LogP) is 1.80. The van der Waals surface area contributed by atoms with Crippen molar-refractivity contribution < 1.29 is 30.0 Å². The Bertz CT molecular complexity index is 1050. The van der Waals surface area contributed by atoms with Crippen LogP contribution < -0.4 is 0 Å². The Kier molecular flexibility index (Phi) is 5.30. The maximum atomic E-state index is 13.3. The van der Waals surface area contributed by atoms with E-state index in [0.717, 1.165) is 20.7 Å². The van der Waals surface area contributed by atoms with Gasteiger partial charge in [-0.25, -0.2) is 30.0 Å². The Morgan fingerprint density at radius 1 is 0.630 bits per heavy atom. The summed E-state index contributed by atoms with van der Waals surface area (Å²) in [7, 11) is -8.16. The van der Waals surface area contributed by atoms with Gasteiger partial charge < -0.3 is 0 Å². The maximum Gasteiger partial charge on any atom is 0.243 e. The van der Waals surface area contributed by atoms with E-state index in [1.54, 1.807) is 0 Å². The van der Waals surface area contributed by atoms with Crippen LogP contribution in [-0.4, -0.2) is 51.6 Å². The summed E-state index contributed by atoms with van der Waals surface area (Å²) in [6.07, 6.45) is 0. The van der Waals surface area contributed by atoms with Crippen LogP contribution in [0.25, 0.3) is 0 Å². The van der Waals surface area contributed by atoms with Gasteiger partial charge in [0, 0.05) is 32.2 Å². The van der Waals surface area contributed by atoms with Crippen LogP contribution in [-0.2, 0) is 20.0 Å². The molecule has 11 heteroatoms. The Hall–Kier alpha value is -1.95. The van der Waals surface area contributed by atoms with Crippen molar-refractivity contribution in [2.45, 2.75) is 9.79 Å². The summed E-state index contributed by atoms with van der Waals surface area (Å²) in [4.78, 5) is -0.771. The fourth-order valence-corrected chi connectivity index (χ4v) is 5.67. The third-order valence-corrected chi connectivity index (χ3v) is 7.88. The van der Waals surface area contributed by atoms with Gasteiger partial charge in [0.1, 0.15) is 17.5 Å². The smallest absolute Gasteiger partial charge is 0.207 e. The molecule has 0 spiro atoms. The third-order valence-electron chi connectivity index (χ3n) is 4.11. The molecule has 2 aromatic rings. The van der Waals surface area contributed by atoms with E-state index in [1.807, 2.05) is 0 Å². The minimum Gasteiger partial charge on any atom is -0.207 e. The van der Waals surface area contributed by atoms with Crippen molar-refractivity contribution in [3.05, 3.63) is 59.9 Å². The minimum absolute atomic E-state index is 0.171. The Labute approximate surface area is 154 Å². The average Bonchev–Trinajstić information content (AvgIpc) is 2.61. The van der Waals surface area contributed by atoms with Crippen LogP contribution in [0.2, 0.25) is 0 Å². The number of benzene rings is 2. The van der Waals surface area contributed by atoms with Crippen LogP contribution in [0.15, 0.2) is 52.3 Å². The highest BCUT2D eigenvalue weighted by Gasteiger charge is 2.34. The monoisotopic (exact) mass is 420 g/mol.